The van der Waals surface area contributed by atoms with Gasteiger partial charge in [-0.1, -0.05) is 13.5 Å². The Morgan fingerprint density at radius 1 is 1.29 bits per heavy atom. The zero-order valence-electron chi connectivity index (χ0n) is 15.5. The molecule has 4 nitrogen and oxygen atoms in total. The summed E-state index contributed by atoms with van der Waals surface area (Å²) >= 11 is 0. The molecule has 0 saturated carbocycles. The number of aryl methyl sites for hydroxylation is 1. The van der Waals surface area contributed by atoms with E-state index in [2.05, 4.69) is 0 Å². The van der Waals surface area contributed by atoms with Gasteiger partial charge in [0.25, 0.3) is 0 Å². The van der Waals surface area contributed by atoms with Gasteiger partial charge in [-0.2, -0.15) is 0 Å². The predicted octanol–water partition coefficient (Wildman–Crippen LogP) is 5.26. The number of rotatable bonds is 5. The summed E-state index contributed by atoms with van der Waals surface area (Å²) in [5.41, 5.74) is 3.49. The number of fused-ring (bicyclic) bond motifs is 2. The minimum Gasteiger partial charge on any atom is -0.489 e. The zero-order chi connectivity index (χ0) is 19.2. The van der Waals surface area contributed by atoms with Crippen LogP contribution >= 0.6 is 0 Å². The highest BCUT2D eigenvalue weighted by Gasteiger charge is 2.32. The van der Waals surface area contributed by atoms with Crippen molar-refractivity contribution in [2.24, 2.45) is 0 Å². The summed E-state index contributed by atoms with van der Waals surface area (Å²) in [5.74, 6) is 0.466. The largest absolute Gasteiger partial charge is 0.489 e. The standard InChI is InChI=1S/C22H23FO4.CH4/c1-22(2)11-15-7-17(23)8-16(21(15)27-22)12-26-18-5-6-19-13(9-18)3-4-14(19)10-20(24)25;/h5-9,14H,3-4,10-12H2,1-2H3,(H,24,25);1H4/t14-;/m1./s1. The lowest BCUT2D eigenvalue weighted by atomic mass is 9.98. The Morgan fingerprint density at radius 2 is 2.07 bits per heavy atom. The van der Waals surface area contributed by atoms with Gasteiger partial charge in [-0.05, 0) is 68.0 Å². The molecule has 0 radical (unpaired) electrons. The molecule has 2 aromatic carbocycles. The van der Waals surface area contributed by atoms with E-state index in [-0.39, 0.29) is 37.8 Å². The quantitative estimate of drug-likeness (QED) is 0.762. The molecular weight excluding hydrogens is 359 g/mol. The van der Waals surface area contributed by atoms with Crippen molar-refractivity contribution in [3.05, 3.63) is 58.4 Å². The molecule has 1 aliphatic carbocycles. The number of benzene rings is 2. The van der Waals surface area contributed by atoms with Crippen molar-refractivity contribution in [3.8, 4) is 11.5 Å². The van der Waals surface area contributed by atoms with E-state index >= 15 is 0 Å². The number of hydrogen-bond acceptors (Lipinski definition) is 3. The smallest absolute Gasteiger partial charge is 0.303 e. The molecule has 0 saturated heterocycles. The van der Waals surface area contributed by atoms with Crippen LogP contribution in [0.2, 0.25) is 0 Å². The van der Waals surface area contributed by atoms with Gasteiger partial charge in [0.05, 0.1) is 6.42 Å². The highest BCUT2D eigenvalue weighted by Crippen LogP contribution is 2.40. The van der Waals surface area contributed by atoms with Gasteiger partial charge >= 0.3 is 5.97 Å². The van der Waals surface area contributed by atoms with Gasteiger partial charge < -0.3 is 14.6 Å². The summed E-state index contributed by atoms with van der Waals surface area (Å²) < 4.78 is 25.9. The van der Waals surface area contributed by atoms with Gasteiger partial charge in [-0.15, -0.1) is 0 Å². The third kappa shape index (κ3) is 3.98. The van der Waals surface area contributed by atoms with E-state index in [0.29, 0.717) is 17.7 Å². The molecule has 1 N–H and O–H groups in total. The fraction of sp³-hybridized carbons (Fsp3) is 0.435. The molecule has 0 amide bonds. The van der Waals surface area contributed by atoms with E-state index in [1.54, 1.807) is 0 Å². The van der Waals surface area contributed by atoms with Gasteiger partial charge in [-0.25, -0.2) is 4.39 Å². The summed E-state index contributed by atoms with van der Waals surface area (Å²) in [6.45, 7) is 4.21. The minimum atomic E-state index is -0.768. The number of ether oxygens (including phenoxy) is 2. The molecule has 28 heavy (non-hydrogen) atoms. The zero-order valence-corrected chi connectivity index (χ0v) is 15.5. The van der Waals surface area contributed by atoms with Crippen molar-refractivity contribution in [3.63, 3.8) is 0 Å². The Hall–Kier alpha value is -2.56. The number of carboxylic acid groups (broad SMARTS) is 1. The molecule has 4 rings (SSSR count). The monoisotopic (exact) mass is 386 g/mol. The second-order valence-electron chi connectivity index (χ2n) is 8.07. The molecule has 0 unspecified atom stereocenters. The number of hydrogen-bond donors (Lipinski definition) is 1. The first-order valence-electron chi connectivity index (χ1n) is 9.28. The van der Waals surface area contributed by atoms with E-state index in [1.165, 1.54) is 12.1 Å². The van der Waals surface area contributed by atoms with Gasteiger partial charge in [-0.3, -0.25) is 4.79 Å². The van der Waals surface area contributed by atoms with Crippen LogP contribution in [0.3, 0.4) is 0 Å². The van der Waals surface area contributed by atoms with E-state index in [0.717, 1.165) is 35.3 Å². The van der Waals surface area contributed by atoms with Crippen LogP contribution in [0.15, 0.2) is 30.3 Å². The maximum Gasteiger partial charge on any atom is 0.303 e. The predicted molar refractivity (Wildman–Crippen MR) is 106 cm³/mol. The van der Waals surface area contributed by atoms with E-state index in [1.807, 2.05) is 32.0 Å². The molecule has 0 bridgehead atoms. The molecule has 2 aliphatic rings. The molecule has 5 heteroatoms. The first-order valence-corrected chi connectivity index (χ1v) is 9.28. The van der Waals surface area contributed by atoms with Crippen molar-refractivity contribution in [1.82, 2.24) is 0 Å². The first kappa shape index (κ1) is 20.2. The summed E-state index contributed by atoms with van der Waals surface area (Å²) in [6, 6.07) is 8.80. The maximum absolute atomic E-state index is 14.0. The lowest BCUT2D eigenvalue weighted by Crippen LogP contribution is -2.25. The summed E-state index contributed by atoms with van der Waals surface area (Å²) in [4.78, 5) is 11.0. The van der Waals surface area contributed by atoms with Crippen molar-refractivity contribution < 1.29 is 23.8 Å². The van der Waals surface area contributed by atoms with E-state index in [4.69, 9.17) is 14.6 Å². The average molecular weight is 386 g/mol. The lowest BCUT2D eigenvalue weighted by Gasteiger charge is -2.18. The molecular formula is C23H27FO4. The van der Waals surface area contributed by atoms with Crippen LogP contribution < -0.4 is 9.47 Å². The van der Waals surface area contributed by atoms with Gasteiger partial charge in [0.1, 0.15) is 29.5 Å². The van der Waals surface area contributed by atoms with Crippen molar-refractivity contribution in [2.45, 2.75) is 65.1 Å². The number of carbonyl (C=O) groups is 1. The average Bonchev–Trinajstić information content (AvgIpc) is 3.11. The van der Waals surface area contributed by atoms with Gasteiger partial charge in [0.15, 0.2) is 0 Å². The second-order valence-corrected chi connectivity index (χ2v) is 8.07. The second kappa shape index (κ2) is 7.46. The van der Waals surface area contributed by atoms with Crippen LogP contribution in [-0.4, -0.2) is 16.7 Å². The summed E-state index contributed by atoms with van der Waals surface area (Å²) in [7, 11) is 0. The van der Waals surface area contributed by atoms with Crippen LogP contribution in [-0.2, 0) is 24.2 Å². The Morgan fingerprint density at radius 3 is 2.82 bits per heavy atom. The van der Waals surface area contributed by atoms with Crippen molar-refractivity contribution >= 4 is 5.97 Å². The Bertz CT molecular complexity index is 904. The third-order valence-corrected chi connectivity index (χ3v) is 5.33. The summed E-state index contributed by atoms with van der Waals surface area (Å²) in [6.07, 6.45) is 2.55. The fourth-order valence-corrected chi connectivity index (χ4v) is 4.21. The Kier molecular flexibility index (Phi) is 5.37. The fourth-order valence-electron chi connectivity index (χ4n) is 4.21. The number of halogens is 1. The molecule has 1 aliphatic heterocycles. The van der Waals surface area contributed by atoms with Crippen molar-refractivity contribution in [2.75, 3.05) is 0 Å². The van der Waals surface area contributed by atoms with Crippen LogP contribution in [0.4, 0.5) is 4.39 Å². The number of carboxylic acids is 1. The molecule has 1 heterocycles. The van der Waals surface area contributed by atoms with Crippen LogP contribution in [0.5, 0.6) is 11.5 Å². The topological polar surface area (TPSA) is 55.8 Å². The minimum absolute atomic E-state index is 0. The summed E-state index contributed by atoms with van der Waals surface area (Å²) in [5, 5.41) is 9.03. The van der Waals surface area contributed by atoms with Crippen LogP contribution in [0.25, 0.3) is 0 Å². The molecule has 150 valence electrons. The first-order chi connectivity index (χ1) is 12.8. The maximum atomic E-state index is 14.0. The third-order valence-electron chi connectivity index (χ3n) is 5.33. The van der Waals surface area contributed by atoms with Crippen LogP contribution in [0, 0.1) is 5.82 Å². The molecule has 1 atom stereocenters. The van der Waals surface area contributed by atoms with E-state index < -0.39 is 5.97 Å². The SMILES string of the molecule is C.CC1(C)Cc2cc(F)cc(COc3ccc4c(c3)CC[C@@H]4CC(=O)O)c2O1. The Balaban J connectivity index is 0.00000225. The van der Waals surface area contributed by atoms with Gasteiger partial charge in [0, 0.05) is 17.5 Å². The molecule has 0 aromatic heterocycles. The lowest BCUT2D eigenvalue weighted by molar-refractivity contribution is -0.137. The highest BCUT2D eigenvalue weighted by atomic mass is 19.1. The Labute approximate surface area is 165 Å². The molecule has 0 fully saturated rings. The normalized spacial score (nSPS) is 18.6. The molecule has 0 spiro atoms. The van der Waals surface area contributed by atoms with Crippen LogP contribution in [0.1, 0.15) is 62.3 Å². The highest BCUT2D eigenvalue weighted by molar-refractivity contribution is 5.68. The van der Waals surface area contributed by atoms with Gasteiger partial charge in [0.2, 0.25) is 0 Å². The number of aliphatic carboxylic acids is 1. The molecule has 2 aromatic rings. The van der Waals surface area contributed by atoms with Crippen molar-refractivity contribution in [1.29, 1.82) is 0 Å². The van der Waals surface area contributed by atoms with E-state index in [9.17, 15) is 9.18 Å².